The van der Waals surface area contributed by atoms with Crippen molar-refractivity contribution < 1.29 is 33.1 Å². The second-order valence-electron chi connectivity index (χ2n) is 14.4. The van der Waals surface area contributed by atoms with Crippen molar-refractivity contribution >= 4 is 91.2 Å². The standard InChI is InChI=1S/C26H22N5.C24H17N5.CH4.HI/c1-30-11-7-19(8-12-30)17-27-21-3-5-25-23(15-21)24-16-22(4-6-26(24)29-25)28-18-20-9-13-31(2)14-10-20;1-3-23-21(13-19(1)27-15-17-5-9-25-10-6-17)22-14-20(2-4-24(22)29-23)28-16-18-7-11-26-12-8-18;;/h3-18H,1-2H3;1-16,29H;1H4;1H/q+1;;;. The van der Waals surface area contributed by atoms with Crippen LogP contribution in [0, 0.1) is 0 Å². The highest BCUT2D eigenvalue weighted by Gasteiger charge is 2.08. The normalized spacial score (nSPS) is 11.5. The molecule has 6 aromatic heterocycles. The van der Waals surface area contributed by atoms with Crippen molar-refractivity contribution in [2.24, 2.45) is 34.1 Å². The Morgan fingerprint density at radius 3 is 0.919 bits per heavy atom. The van der Waals surface area contributed by atoms with Crippen LogP contribution in [0.15, 0.2) is 191 Å². The van der Waals surface area contributed by atoms with Gasteiger partial charge in [-0.3, -0.25) is 29.9 Å². The van der Waals surface area contributed by atoms with Gasteiger partial charge in [0.15, 0.2) is 24.8 Å². The molecule has 0 amide bonds. The third-order valence-electron chi connectivity index (χ3n) is 10.0. The zero-order valence-corrected chi connectivity index (χ0v) is 35.6. The van der Waals surface area contributed by atoms with Gasteiger partial charge in [-0.15, -0.1) is 0 Å². The van der Waals surface area contributed by atoms with Crippen LogP contribution in [0.5, 0.6) is 0 Å². The van der Waals surface area contributed by atoms with Gasteiger partial charge in [0.25, 0.3) is 0 Å². The Kier molecular flexibility index (Phi) is 13.5. The molecule has 10 aromatic rings. The van der Waals surface area contributed by atoms with E-state index in [2.05, 4.69) is 88.4 Å². The summed E-state index contributed by atoms with van der Waals surface area (Å²) < 4.78 is 4.01. The lowest BCUT2D eigenvalue weighted by Crippen LogP contribution is -3.00. The number of fused-ring (bicyclic) bond motifs is 6. The van der Waals surface area contributed by atoms with Crippen molar-refractivity contribution in [1.29, 1.82) is 0 Å². The number of aliphatic imine (C=N–C) groups is 4. The van der Waals surface area contributed by atoms with Crippen molar-refractivity contribution in [2.45, 2.75) is 7.43 Å². The second-order valence-corrected chi connectivity index (χ2v) is 14.4. The van der Waals surface area contributed by atoms with E-state index in [1.807, 2.05) is 146 Å². The van der Waals surface area contributed by atoms with Crippen LogP contribution in [-0.4, -0.2) is 44.8 Å². The predicted molar refractivity (Wildman–Crippen MR) is 251 cm³/mol. The molecule has 0 fully saturated rings. The largest absolute Gasteiger partial charge is 1.00 e. The molecule has 0 spiro atoms. The fourth-order valence-corrected chi connectivity index (χ4v) is 6.76. The van der Waals surface area contributed by atoms with Crippen LogP contribution in [0.3, 0.4) is 0 Å². The van der Waals surface area contributed by atoms with E-state index in [-0.39, 0.29) is 31.4 Å². The molecule has 6 heterocycles. The molecule has 2 N–H and O–H groups in total. The number of pyridine rings is 4. The highest BCUT2D eigenvalue weighted by atomic mass is 127. The summed E-state index contributed by atoms with van der Waals surface area (Å²) in [5.41, 5.74) is 12.2. The first-order valence-electron chi connectivity index (χ1n) is 19.5. The zero-order valence-electron chi connectivity index (χ0n) is 33.4. The van der Waals surface area contributed by atoms with Gasteiger partial charge in [-0.1, -0.05) is 7.43 Å². The van der Waals surface area contributed by atoms with Crippen molar-refractivity contribution in [3.05, 3.63) is 193 Å². The quantitative estimate of drug-likeness (QED) is 0.0924. The van der Waals surface area contributed by atoms with Crippen LogP contribution in [0.4, 0.5) is 22.7 Å². The van der Waals surface area contributed by atoms with Gasteiger partial charge in [0.2, 0.25) is 0 Å². The minimum Gasteiger partial charge on any atom is -1.00 e. The number of nitrogens with zero attached hydrogens (tertiary/aromatic N) is 8. The Labute approximate surface area is 376 Å². The minimum atomic E-state index is 0. The molecule has 0 aliphatic rings. The van der Waals surface area contributed by atoms with E-state index in [0.717, 1.165) is 88.6 Å². The first-order chi connectivity index (χ1) is 29.5. The molecule has 0 bridgehead atoms. The van der Waals surface area contributed by atoms with Gasteiger partial charge in [0, 0.05) is 129 Å². The number of halogens is 1. The Morgan fingerprint density at radius 1 is 0.387 bits per heavy atom. The molecule has 0 saturated heterocycles. The van der Waals surface area contributed by atoms with Gasteiger partial charge in [-0.2, -0.15) is 0 Å². The van der Waals surface area contributed by atoms with Crippen LogP contribution in [0.1, 0.15) is 29.7 Å². The summed E-state index contributed by atoms with van der Waals surface area (Å²) in [5.74, 6) is 0. The monoisotopic (exact) mass is 923 g/mol. The molecule has 304 valence electrons. The summed E-state index contributed by atoms with van der Waals surface area (Å²) in [7, 11) is 4.01. The molecule has 10 nitrogen and oxygen atoms in total. The summed E-state index contributed by atoms with van der Waals surface area (Å²) in [5, 5.41) is 4.55. The lowest BCUT2D eigenvalue weighted by molar-refractivity contribution is -0.671. The maximum Gasteiger partial charge on any atom is 0.169 e. The molecule has 4 aromatic carbocycles. The topological polar surface area (TPSA) is 115 Å². The first kappa shape index (κ1) is 42.6. The zero-order chi connectivity index (χ0) is 40.7. The van der Waals surface area contributed by atoms with Crippen LogP contribution in [0.2, 0.25) is 0 Å². The van der Waals surface area contributed by atoms with E-state index in [4.69, 9.17) is 0 Å². The summed E-state index contributed by atoms with van der Waals surface area (Å²) in [4.78, 5) is 33.6. The Bertz CT molecular complexity index is 2990. The number of aromatic nitrogens is 6. The minimum absolute atomic E-state index is 0. The first-order valence-corrected chi connectivity index (χ1v) is 19.5. The SMILES string of the molecule is C.C(=Nc1ccc2[nH]c3ccc(N=Cc4ccncc4)cc3c2c1)c1ccncc1.C[n+]1ccc(C=Nc2ccc3[nH]c4ccc(N=Cc5cc[n+](C)cc5)cc4c3c2)cc1.[I-]. The molecule has 11 heteroatoms. The number of rotatable bonds is 8. The Balaban J connectivity index is 0.000000181. The number of aromatic amines is 2. The highest BCUT2D eigenvalue weighted by molar-refractivity contribution is 6.10. The number of aryl methyl sites for hydroxylation is 2. The Hall–Kier alpha value is -7.51. The predicted octanol–water partition coefficient (Wildman–Crippen LogP) is 7.72. The number of hydrogen-bond donors (Lipinski definition) is 2. The molecule has 10 rings (SSSR count). The molecule has 0 aliphatic carbocycles. The van der Waals surface area contributed by atoms with Gasteiger partial charge >= 0.3 is 0 Å². The van der Waals surface area contributed by atoms with Crippen molar-refractivity contribution in [1.82, 2.24) is 19.9 Å². The third-order valence-corrected chi connectivity index (χ3v) is 10.0. The van der Waals surface area contributed by atoms with Gasteiger partial charge in [0.1, 0.15) is 14.1 Å². The van der Waals surface area contributed by atoms with Crippen molar-refractivity contribution in [2.75, 3.05) is 0 Å². The number of nitrogens with one attached hydrogen (secondary N) is 2. The number of hydrogen-bond acceptors (Lipinski definition) is 6. The van der Waals surface area contributed by atoms with Gasteiger partial charge in [-0.25, -0.2) is 9.13 Å². The van der Waals surface area contributed by atoms with Crippen LogP contribution < -0.4 is 33.1 Å². The van der Waals surface area contributed by atoms with Crippen molar-refractivity contribution in [3.63, 3.8) is 0 Å². The molecular formula is C51H44IN10+. The maximum atomic E-state index is 4.67. The van der Waals surface area contributed by atoms with Crippen molar-refractivity contribution in [3.8, 4) is 0 Å². The summed E-state index contributed by atoms with van der Waals surface area (Å²) >= 11 is 0. The molecular weight excluding hydrogens is 880 g/mol. The number of benzene rings is 4. The van der Waals surface area contributed by atoms with Crippen LogP contribution in [0.25, 0.3) is 43.6 Å². The maximum absolute atomic E-state index is 4.67. The van der Waals surface area contributed by atoms with E-state index >= 15 is 0 Å². The average Bonchev–Trinajstić information content (AvgIpc) is 3.85. The van der Waals surface area contributed by atoms with Crippen LogP contribution in [-0.2, 0) is 14.1 Å². The van der Waals surface area contributed by atoms with Gasteiger partial charge < -0.3 is 33.9 Å². The molecule has 0 unspecified atom stereocenters. The summed E-state index contributed by atoms with van der Waals surface area (Å²) in [6.45, 7) is 0. The van der Waals surface area contributed by atoms with E-state index in [1.165, 1.54) is 0 Å². The Morgan fingerprint density at radius 2 is 0.645 bits per heavy atom. The summed E-state index contributed by atoms with van der Waals surface area (Å²) in [6.07, 6.45) is 22.6. The van der Waals surface area contributed by atoms with Crippen LogP contribution >= 0.6 is 0 Å². The molecule has 0 saturated carbocycles. The highest BCUT2D eigenvalue weighted by Crippen LogP contribution is 2.33. The van der Waals surface area contributed by atoms with E-state index in [9.17, 15) is 0 Å². The lowest BCUT2D eigenvalue weighted by atomic mass is 10.1. The smallest absolute Gasteiger partial charge is 0.169 e. The average molecular weight is 924 g/mol. The molecule has 0 aliphatic heterocycles. The molecule has 62 heavy (non-hydrogen) atoms. The summed E-state index contributed by atoms with van der Waals surface area (Å²) in [6, 6.07) is 40.7. The molecule has 0 atom stereocenters. The molecule has 0 radical (unpaired) electrons. The fourth-order valence-electron chi connectivity index (χ4n) is 6.76. The lowest BCUT2D eigenvalue weighted by Gasteiger charge is -1.97. The van der Waals surface area contributed by atoms with Gasteiger partial charge in [0.05, 0.1) is 22.7 Å². The van der Waals surface area contributed by atoms with E-state index in [0.29, 0.717) is 0 Å². The third kappa shape index (κ3) is 10.3. The number of H-pyrrole nitrogens is 2. The van der Waals surface area contributed by atoms with Gasteiger partial charge in [-0.05, 0) is 108 Å². The fraction of sp³-hybridized carbons (Fsp3) is 0.0588. The van der Waals surface area contributed by atoms with E-state index < -0.39 is 0 Å². The van der Waals surface area contributed by atoms with E-state index in [1.54, 1.807) is 24.8 Å². The second kappa shape index (κ2) is 19.7.